The van der Waals surface area contributed by atoms with Gasteiger partial charge in [0.05, 0.1) is 30.6 Å². The molecule has 0 N–H and O–H groups in total. The number of carbonyl (C=O) groups is 1. The molecule has 27 heavy (non-hydrogen) atoms. The van der Waals surface area contributed by atoms with Gasteiger partial charge in [0, 0.05) is 36.8 Å². The first-order valence-corrected chi connectivity index (χ1v) is 9.18. The SMILES string of the molecule is Cc1cnc(C(=O)N2CCOCC(Cc3ccc4ncccc4c3)C2)cn1. The van der Waals surface area contributed by atoms with E-state index in [1.807, 2.05) is 24.0 Å². The van der Waals surface area contributed by atoms with Crippen LogP contribution in [0.5, 0.6) is 0 Å². The molecule has 1 saturated heterocycles. The molecule has 3 heterocycles. The van der Waals surface area contributed by atoms with Crippen LogP contribution in [0.2, 0.25) is 0 Å². The summed E-state index contributed by atoms with van der Waals surface area (Å²) in [6.45, 7) is 4.28. The van der Waals surface area contributed by atoms with Crippen molar-refractivity contribution in [1.82, 2.24) is 19.9 Å². The van der Waals surface area contributed by atoms with Crippen molar-refractivity contribution in [3.05, 3.63) is 65.9 Å². The first kappa shape index (κ1) is 17.5. The highest BCUT2D eigenvalue weighted by Gasteiger charge is 2.24. The summed E-state index contributed by atoms with van der Waals surface area (Å²) in [4.78, 5) is 27.4. The molecular weight excluding hydrogens is 340 g/mol. The lowest BCUT2D eigenvalue weighted by atomic mass is 9.98. The Hall–Kier alpha value is -2.86. The third kappa shape index (κ3) is 4.11. The summed E-state index contributed by atoms with van der Waals surface area (Å²) >= 11 is 0. The largest absolute Gasteiger partial charge is 0.379 e. The average Bonchev–Trinajstić information content (AvgIpc) is 2.93. The summed E-state index contributed by atoms with van der Waals surface area (Å²) < 4.78 is 5.76. The Kier molecular flexibility index (Phi) is 5.07. The Balaban J connectivity index is 1.49. The summed E-state index contributed by atoms with van der Waals surface area (Å²) in [5.41, 5.74) is 3.41. The van der Waals surface area contributed by atoms with Crippen molar-refractivity contribution in [1.29, 1.82) is 0 Å². The molecule has 1 unspecified atom stereocenters. The topological polar surface area (TPSA) is 68.2 Å². The number of amides is 1. The van der Waals surface area contributed by atoms with Crippen LogP contribution < -0.4 is 0 Å². The number of ether oxygens (including phenoxy) is 1. The predicted octanol–water partition coefficient (Wildman–Crippen LogP) is 2.66. The Morgan fingerprint density at radius 3 is 3.00 bits per heavy atom. The van der Waals surface area contributed by atoms with Crippen LogP contribution in [-0.2, 0) is 11.2 Å². The van der Waals surface area contributed by atoms with E-state index < -0.39 is 0 Å². The summed E-state index contributed by atoms with van der Waals surface area (Å²) in [6.07, 6.45) is 5.84. The molecule has 4 rings (SSSR count). The first-order valence-electron chi connectivity index (χ1n) is 9.18. The number of rotatable bonds is 3. The highest BCUT2D eigenvalue weighted by Crippen LogP contribution is 2.19. The minimum absolute atomic E-state index is 0.0827. The van der Waals surface area contributed by atoms with Gasteiger partial charge in [0.1, 0.15) is 5.69 Å². The minimum Gasteiger partial charge on any atom is -0.379 e. The Morgan fingerprint density at radius 2 is 2.15 bits per heavy atom. The zero-order chi connectivity index (χ0) is 18.6. The molecule has 1 amide bonds. The quantitative estimate of drug-likeness (QED) is 0.716. The highest BCUT2D eigenvalue weighted by atomic mass is 16.5. The van der Waals surface area contributed by atoms with Gasteiger partial charge in [-0.25, -0.2) is 4.98 Å². The number of hydrogen-bond donors (Lipinski definition) is 0. The maximum atomic E-state index is 12.8. The number of nitrogens with zero attached hydrogens (tertiary/aromatic N) is 4. The second kappa shape index (κ2) is 7.80. The van der Waals surface area contributed by atoms with Crippen molar-refractivity contribution in [2.45, 2.75) is 13.3 Å². The number of aromatic nitrogens is 3. The number of hydrogen-bond acceptors (Lipinski definition) is 5. The number of aryl methyl sites for hydroxylation is 1. The van der Waals surface area contributed by atoms with E-state index in [9.17, 15) is 4.79 Å². The lowest BCUT2D eigenvalue weighted by molar-refractivity contribution is 0.0731. The second-order valence-electron chi connectivity index (χ2n) is 6.97. The molecule has 6 nitrogen and oxygen atoms in total. The molecule has 0 spiro atoms. The lowest BCUT2D eigenvalue weighted by Crippen LogP contribution is -2.37. The molecule has 0 radical (unpaired) electrons. The molecular formula is C21H22N4O2. The predicted molar refractivity (Wildman–Crippen MR) is 102 cm³/mol. The number of benzene rings is 1. The van der Waals surface area contributed by atoms with Gasteiger partial charge in [-0.05, 0) is 37.1 Å². The van der Waals surface area contributed by atoms with Crippen LogP contribution in [0.15, 0.2) is 48.9 Å². The lowest BCUT2D eigenvalue weighted by Gasteiger charge is -2.23. The maximum Gasteiger partial charge on any atom is 0.274 e. The average molecular weight is 362 g/mol. The van der Waals surface area contributed by atoms with Gasteiger partial charge in [0.2, 0.25) is 0 Å². The van der Waals surface area contributed by atoms with Crippen LogP contribution in [0, 0.1) is 12.8 Å². The fourth-order valence-electron chi connectivity index (χ4n) is 3.44. The number of carbonyl (C=O) groups excluding carboxylic acids is 1. The van der Waals surface area contributed by atoms with Gasteiger partial charge in [-0.15, -0.1) is 0 Å². The highest BCUT2D eigenvalue weighted by molar-refractivity contribution is 5.92. The van der Waals surface area contributed by atoms with E-state index in [2.05, 4.69) is 33.2 Å². The molecule has 1 atom stereocenters. The summed E-state index contributed by atoms with van der Waals surface area (Å²) in [5.74, 6) is 0.157. The van der Waals surface area contributed by atoms with E-state index in [1.165, 1.54) is 5.56 Å². The standard InChI is InChI=1S/C21H22N4O2/c1-15-11-24-20(12-23-15)21(26)25-7-8-27-14-17(13-25)9-16-4-5-19-18(10-16)3-2-6-22-19/h2-6,10-12,17H,7-9,13-14H2,1H3. The van der Waals surface area contributed by atoms with E-state index in [0.29, 0.717) is 32.0 Å². The van der Waals surface area contributed by atoms with E-state index in [4.69, 9.17) is 4.74 Å². The van der Waals surface area contributed by atoms with Gasteiger partial charge in [0.15, 0.2) is 0 Å². The zero-order valence-electron chi connectivity index (χ0n) is 15.3. The molecule has 1 aliphatic rings. The molecule has 0 aliphatic carbocycles. The fourth-order valence-corrected chi connectivity index (χ4v) is 3.44. The molecule has 138 valence electrons. The van der Waals surface area contributed by atoms with E-state index in [-0.39, 0.29) is 11.8 Å². The molecule has 0 bridgehead atoms. The smallest absolute Gasteiger partial charge is 0.274 e. The minimum atomic E-state index is -0.0827. The van der Waals surface area contributed by atoms with Crippen LogP contribution in [0.3, 0.4) is 0 Å². The van der Waals surface area contributed by atoms with Gasteiger partial charge in [-0.2, -0.15) is 0 Å². The van der Waals surface area contributed by atoms with Crippen LogP contribution in [0.25, 0.3) is 10.9 Å². The Labute approximate surface area is 158 Å². The van der Waals surface area contributed by atoms with E-state index in [1.54, 1.807) is 18.6 Å². The molecule has 0 saturated carbocycles. The Morgan fingerprint density at radius 1 is 1.22 bits per heavy atom. The molecule has 1 aliphatic heterocycles. The van der Waals surface area contributed by atoms with Gasteiger partial charge >= 0.3 is 0 Å². The normalized spacial score (nSPS) is 17.7. The molecule has 3 aromatic rings. The van der Waals surface area contributed by atoms with E-state index >= 15 is 0 Å². The Bertz CT molecular complexity index is 942. The van der Waals surface area contributed by atoms with Gasteiger partial charge in [-0.1, -0.05) is 12.1 Å². The number of pyridine rings is 1. The summed E-state index contributed by atoms with van der Waals surface area (Å²) in [6, 6.07) is 10.3. The van der Waals surface area contributed by atoms with Gasteiger partial charge in [-0.3, -0.25) is 14.8 Å². The fraction of sp³-hybridized carbons (Fsp3) is 0.333. The molecule has 2 aromatic heterocycles. The molecule has 1 fully saturated rings. The first-order chi connectivity index (χ1) is 13.2. The summed E-state index contributed by atoms with van der Waals surface area (Å²) in [7, 11) is 0. The third-order valence-electron chi connectivity index (χ3n) is 4.82. The van der Waals surface area contributed by atoms with Crippen LogP contribution in [0.4, 0.5) is 0 Å². The summed E-state index contributed by atoms with van der Waals surface area (Å²) in [5, 5.41) is 1.13. The van der Waals surface area contributed by atoms with Gasteiger partial charge in [0.25, 0.3) is 5.91 Å². The van der Waals surface area contributed by atoms with Crippen molar-refractivity contribution >= 4 is 16.8 Å². The van der Waals surface area contributed by atoms with Crippen molar-refractivity contribution < 1.29 is 9.53 Å². The van der Waals surface area contributed by atoms with Crippen molar-refractivity contribution in [3.63, 3.8) is 0 Å². The molecule has 6 heteroatoms. The maximum absolute atomic E-state index is 12.8. The monoisotopic (exact) mass is 362 g/mol. The molecule has 1 aromatic carbocycles. The van der Waals surface area contributed by atoms with Crippen molar-refractivity contribution in [2.24, 2.45) is 5.92 Å². The van der Waals surface area contributed by atoms with Crippen LogP contribution in [-0.4, -0.2) is 52.1 Å². The second-order valence-corrected chi connectivity index (χ2v) is 6.97. The van der Waals surface area contributed by atoms with Crippen molar-refractivity contribution in [2.75, 3.05) is 26.3 Å². The zero-order valence-corrected chi connectivity index (χ0v) is 15.3. The van der Waals surface area contributed by atoms with Gasteiger partial charge < -0.3 is 9.64 Å². The van der Waals surface area contributed by atoms with Crippen LogP contribution in [0.1, 0.15) is 21.7 Å². The number of fused-ring (bicyclic) bond motifs is 1. The van der Waals surface area contributed by atoms with Crippen molar-refractivity contribution in [3.8, 4) is 0 Å². The van der Waals surface area contributed by atoms with E-state index in [0.717, 1.165) is 23.0 Å². The van der Waals surface area contributed by atoms with Crippen LogP contribution >= 0.6 is 0 Å². The third-order valence-corrected chi connectivity index (χ3v) is 4.82.